The molecular weight excluding hydrogens is 296 g/mol. The van der Waals surface area contributed by atoms with Gasteiger partial charge in [0.05, 0.1) is 16.4 Å². The minimum Gasteiger partial charge on any atom is -0.395 e. The second-order valence-electron chi connectivity index (χ2n) is 5.12. The van der Waals surface area contributed by atoms with E-state index >= 15 is 0 Å². The molecule has 0 aliphatic carbocycles. The molecule has 0 saturated carbocycles. The molecule has 0 aliphatic rings. The smallest absolute Gasteiger partial charge is 0.276 e. The molecule has 21 heavy (non-hydrogen) atoms. The number of likely N-dealkylation sites (N-methyl/N-ethyl adjacent to an activating group) is 1. The van der Waals surface area contributed by atoms with Crippen LogP contribution in [-0.2, 0) is 10.0 Å². The number of aliphatic hydroxyl groups excluding tert-OH is 1. The van der Waals surface area contributed by atoms with Crippen molar-refractivity contribution < 1.29 is 18.4 Å². The van der Waals surface area contributed by atoms with Gasteiger partial charge in [-0.15, -0.1) is 0 Å². The van der Waals surface area contributed by atoms with Crippen LogP contribution < -0.4 is 0 Å². The van der Waals surface area contributed by atoms with Crippen molar-refractivity contribution in [2.45, 2.75) is 38.6 Å². The Bertz CT molecular complexity index is 670. The van der Waals surface area contributed by atoms with Crippen LogP contribution in [0.1, 0.15) is 23.6 Å². The van der Waals surface area contributed by atoms with Crippen molar-refractivity contribution in [2.75, 3.05) is 13.7 Å². The summed E-state index contributed by atoms with van der Waals surface area (Å²) in [6.45, 7) is 5.84. The van der Waals surface area contributed by atoms with Crippen molar-refractivity contribution in [3.8, 4) is 0 Å². The predicted octanol–water partition coefficient (Wildman–Crippen LogP) is 1.52. The first-order chi connectivity index (χ1) is 9.55. The molecule has 0 saturated heterocycles. The molecule has 0 spiro atoms. The highest BCUT2D eigenvalue weighted by Gasteiger charge is 2.32. The van der Waals surface area contributed by atoms with E-state index in [1.54, 1.807) is 20.8 Å². The van der Waals surface area contributed by atoms with Crippen LogP contribution in [0.4, 0.5) is 5.69 Å². The Morgan fingerprint density at radius 2 is 1.86 bits per heavy atom. The average Bonchev–Trinajstić information content (AvgIpc) is 2.35. The summed E-state index contributed by atoms with van der Waals surface area (Å²) >= 11 is 0. The summed E-state index contributed by atoms with van der Waals surface area (Å²) in [5, 5.41) is 20.3. The van der Waals surface area contributed by atoms with Crippen molar-refractivity contribution in [1.82, 2.24) is 4.31 Å². The lowest BCUT2D eigenvalue weighted by molar-refractivity contribution is -0.386. The lowest BCUT2D eigenvalue weighted by Crippen LogP contribution is -2.38. The first-order valence-electron chi connectivity index (χ1n) is 6.39. The summed E-state index contributed by atoms with van der Waals surface area (Å²) in [7, 11) is -2.57. The van der Waals surface area contributed by atoms with Crippen molar-refractivity contribution in [1.29, 1.82) is 0 Å². The van der Waals surface area contributed by atoms with Crippen LogP contribution >= 0.6 is 0 Å². The molecular formula is C13H20N2O5S. The highest BCUT2D eigenvalue weighted by atomic mass is 32.2. The number of nitro groups is 1. The Morgan fingerprint density at radius 3 is 2.29 bits per heavy atom. The Kier molecular flexibility index (Phi) is 5.08. The third-order valence-corrected chi connectivity index (χ3v) is 5.83. The molecule has 0 aliphatic heterocycles. The van der Waals surface area contributed by atoms with E-state index in [1.165, 1.54) is 20.0 Å². The fraction of sp³-hybridized carbons (Fsp3) is 0.538. The highest BCUT2D eigenvalue weighted by molar-refractivity contribution is 7.89. The van der Waals surface area contributed by atoms with Crippen LogP contribution in [0.25, 0.3) is 0 Å². The number of nitrogens with zero attached hydrogens (tertiary/aromatic N) is 2. The normalized spacial score (nSPS) is 13.5. The van der Waals surface area contributed by atoms with Gasteiger partial charge < -0.3 is 5.11 Å². The number of hydrogen-bond donors (Lipinski definition) is 1. The molecule has 1 N–H and O–H groups in total. The fourth-order valence-electron chi connectivity index (χ4n) is 2.33. The van der Waals surface area contributed by atoms with E-state index in [1.807, 2.05) is 0 Å². The first kappa shape index (κ1) is 17.5. The molecule has 0 fully saturated rings. The molecule has 0 aromatic heterocycles. The zero-order valence-corrected chi connectivity index (χ0v) is 13.6. The number of hydrogen-bond acceptors (Lipinski definition) is 5. The van der Waals surface area contributed by atoms with Gasteiger partial charge in [-0.2, -0.15) is 4.31 Å². The van der Waals surface area contributed by atoms with Crippen LogP contribution in [0.15, 0.2) is 11.0 Å². The SMILES string of the molecule is Cc1cc(C)c(S(=O)(=O)N(C)C(C)CO)c(C)c1[N+](=O)[O-]. The van der Waals surface area contributed by atoms with E-state index < -0.39 is 21.0 Å². The first-order valence-corrected chi connectivity index (χ1v) is 7.83. The zero-order chi connectivity index (χ0) is 16.5. The van der Waals surface area contributed by atoms with Crippen molar-refractivity contribution in [3.63, 3.8) is 0 Å². The number of rotatable bonds is 5. The minimum atomic E-state index is -3.92. The summed E-state index contributed by atoms with van der Waals surface area (Å²) in [6, 6.07) is 0.879. The van der Waals surface area contributed by atoms with Crippen LogP contribution in [0.5, 0.6) is 0 Å². The Hall–Kier alpha value is -1.51. The Morgan fingerprint density at radius 1 is 1.33 bits per heavy atom. The summed E-state index contributed by atoms with van der Waals surface area (Å²) in [5.74, 6) is 0. The Labute approximate surface area is 124 Å². The van der Waals surface area contributed by atoms with Gasteiger partial charge in [-0.1, -0.05) is 0 Å². The number of aryl methyl sites for hydroxylation is 2. The van der Waals surface area contributed by atoms with Gasteiger partial charge in [-0.25, -0.2) is 8.42 Å². The van der Waals surface area contributed by atoms with Crippen molar-refractivity contribution >= 4 is 15.7 Å². The van der Waals surface area contributed by atoms with E-state index in [0.717, 1.165) is 4.31 Å². The largest absolute Gasteiger partial charge is 0.395 e. The number of aliphatic hydroxyl groups is 1. The lowest BCUT2D eigenvalue weighted by atomic mass is 10.1. The molecule has 7 nitrogen and oxygen atoms in total. The van der Waals surface area contributed by atoms with Crippen LogP contribution in [-0.4, -0.2) is 42.4 Å². The van der Waals surface area contributed by atoms with Gasteiger partial charge in [0, 0.05) is 24.2 Å². The number of sulfonamides is 1. The van der Waals surface area contributed by atoms with E-state index in [-0.39, 0.29) is 22.8 Å². The van der Waals surface area contributed by atoms with Crippen LogP contribution in [0.2, 0.25) is 0 Å². The summed E-state index contributed by atoms with van der Waals surface area (Å²) in [5.41, 5.74) is 0.804. The second-order valence-corrected chi connectivity index (χ2v) is 7.06. The summed E-state index contributed by atoms with van der Waals surface area (Å²) in [6.07, 6.45) is 0. The minimum absolute atomic E-state index is 0.0670. The molecule has 1 unspecified atom stereocenters. The van der Waals surface area contributed by atoms with E-state index in [0.29, 0.717) is 11.1 Å². The van der Waals surface area contributed by atoms with Crippen LogP contribution in [0, 0.1) is 30.9 Å². The van der Waals surface area contributed by atoms with E-state index in [2.05, 4.69) is 0 Å². The molecule has 1 atom stereocenters. The van der Waals surface area contributed by atoms with Gasteiger partial charge in [0.2, 0.25) is 10.0 Å². The molecule has 1 rings (SSSR count). The molecule has 0 amide bonds. The van der Waals surface area contributed by atoms with Crippen molar-refractivity contribution in [2.24, 2.45) is 0 Å². The number of benzene rings is 1. The number of nitro benzene ring substituents is 1. The molecule has 1 aromatic carbocycles. The summed E-state index contributed by atoms with van der Waals surface area (Å²) in [4.78, 5) is 10.5. The fourth-order valence-corrected chi connectivity index (χ4v) is 4.11. The molecule has 118 valence electrons. The molecule has 0 bridgehead atoms. The van der Waals surface area contributed by atoms with Gasteiger partial charge >= 0.3 is 0 Å². The topological polar surface area (TPSA) is 101 Å². The van der Waals surface area contributed by atoms with E-state index in [9.17, 15) is 18.5 Å². The maximum absolute atomic E-state index is 12.7. The molecule has 0 heterocycles. The van der Waals surface area contributed by atoms with Gasteiger partial charge in [0.1, 0.15) is 0 Å². The predicted molar refractivity (Wildman–Crippen MR) is 78.8 cm³/mol. The van der Waals surface area contributed by atoms with E-state index in [4.69, 9.17) is 5.11 Å². The average molecular weight is 316 g/mol. The van der Waals surface area contributed by atoms with Crippen molar-refractivity contribution in [3.05, 3.63) is 32.9 Å². The maximum atomic E-state index is 12.7. The molecule has 8 heteroatoms. The summed E-state index contributed by atoms with van der Waals surface area (Å²) < 4.78 is 26.3. The van der Waals surface area contributed by atoms with Gasteiger partial charge in [-0.3, -0.25) is 10.1 Å². The van der Waals surface area contributed by atoms with Gasteiger partial charge in [-0.05, 0) is 39.3 Å². The monoisotopic (exact) mass is 316 g/mol. The molecule has 0 radical (unpaired) electrons. The third kappa shape index (κ3) is 3.07. The zero-order valence-electron chi connectivity index (χ0n) is 12.7. The molecule has 1 aromatic rings. The van der Waals surface area contributed by atoms with Gasteiger partial charge in [0.15, 0.2) is 0 Å². The highest BCUT2D eigenvalue weighted by Crippen LogP contribution is 2.33. The van der Waals surface area contributed by atoms with Crippen LogP contribution in [0.3, 0.4) is 0 Å². The second kappa shape index (κ2) is 6.08. The quantitative estimate of drug-likeness (QED) is 0.655. The Balaban J connectivity index is 3.65. The van der Waals surface area contributed by atoms with Gasteiger partial charge in [0.25, 0.3) is 5.69 Å². The third-order valence-electron chi connectivity index (χ3n) is 3.57. The standard InChI is InChI=1S/C13H20N2O5S/c1-8-6-9(2)13(11(4)12(8)15(17)18)21(19,20)14(5)10(3)7-16/h6,10,16H,7H2,1-5H3. The lowest BCUT2D eigenvalue weighted by Gasteiger charge is -2.24. The maximum Gasteiger partial charge on any atom is 0.276 e.